The highest BCUT2D eigenvalue weighted by atomic mass is 35.5. The lowest BCUT2D eigenvalue weighted by Gasteiger charge is -2.28. The van der Waals surface area contributed by atoms with E-state index in [4.69, 9.17) is 22.1 Å². The Morgan fingerprint density at radius 1 is 1.50 bits per heavy atom. The van der Waals surface area contributed by atoms with Gasteiger partial charge in [-0.05, 0) is 24.6 Å². The van der Waals surface area contributed by atoms with Gasteiger partial charge in [0.05, 0.1) is 12.1 Å². The van der Waals surface area contributed by atoms with Crippen LogP contribution in [0, 0.1) is 5.82 Å². The zero-order valence-corrected chi connectivity index (χ0v) is 9.56. The molecule has 1 heterocycles. The van der Waals surface area contributed by atoms with Gasteiger partial charge < -0.3 is 15.8 Å². The lowest BCUT2D eigenvalue weighted by atomic mass is 9.98. The first-order chi connectivity index (χ1) is 7.63. The Morgan fingerprint density at radius 3 is 2.88 bits per heavy atom. The normalized spacial score (nSPS) is 24.7. The van der Waals surface area contributed by atoms with Crippen LogP contribution < -0.4 is 11.1 Å². The zero-order chi connectivity index (χ0) is 11.6. The summed E-state index contributed by atoms with van der Waals surface area (Å²) >= 11 is 5.78. The summed E-state index contributed by atoms with van der Waals surface area (Å²) in [6.45, 7) is 1.66. The van der Waals surface area contributed by atoms with Crippen molar-refractivity contribution in [3.05, 3.63) is 29.0 Å². The molecule has 1 atom stereocenters. The van der Waals surface area contributed by atoms with E-state index in [0.29, 0.717) is 30.5 Å². The maximum Gasteiger partial charge on any atom is 0.126 e. The van der Waals surface area contributed by atoms with E-state index in [9.17, 15) is 4.39 Å². The van der Waals surface area contributed by atoms with Crippen LogP contribution in [0.1, 0.15) is 6.42 Å². The predicted octanol–water partition coefficient (Wildman–Crippen LogP) is 2.01. The van der Waals surface area contributed by atoms with Gasteiger partial charge in [-0.25, -0.2) is 4.39 Å². The first-order valence-electron chi connectivity index (χ1n) is 5.16. The molecule has 1 aliphatic rings. The Hall–Kier alpha value is -0.840. The van der Waals surface area contributed by atoms with Gasteiger partial charge in [-0.3, -0.25) is 0 Å². The molecule has 1 aromatic rings. The summed E-state index contributed by atoms with van der Waals surface area (Å²) in [7, 11) is 0. The highest BCUT2D eigenvalue weighted by molar-refractivity contribution is 6.30. The van der Waals surface area contributed by atoms with E-state index >= 15 is 0 Å². The third-order valence-corrected chi connectivity index (χ3v) is 2.98. The standard InChI is InChI=1S/C11H14ClFN2O/c12-8-3-9(13)5-10(4-8)15-11(6-14)1-2-16-7-11/h3-5,15H,1-2,6-7,14H2. The van der Waals surface area contributed by atoms with Gasteiger partial charge in [0.2, 0.25) is 0 Å². The molecule has 0 radical (unpaired) electrons. The quantitative estimate of drug-likeness (QED) is 0.855. The summed E-state index contributed by atoms with van der Waals surface area (Å²) in [6.07, 6.45) is 0.817. The number of rotatable bonds is 3. The summed E-state index contributed by atoms with van der Waals surface area (Å²) in [6, 6.07) is 4.36. The van der Waals surface area contributed by atoms with Crippen molar-refractivity contribution in [3.8, 4) is 0 Å². The molecule has 3 N–H and O–H groups in total. The summed E-state index contributed by atoms with van der Waals surface area (Å²) < 4.78 is 18.5. The maximum absolute atomic E-state index is 13.1. The van der Waals surface area contributed by atoms with Crippen LogP contribution in [0.15, 0.2) is 18.2 Å². The smallest absolute Gasteiger partial charge is 0.126 e. The Morgan fingerprint density at radius 2 is 2.31 bits per heavy atom. The summed E-state index contributed by atoms with van der Waals surface area (Å²) in [4.78, 5) is 0. The van der Waals surface area contributed by atoms with Crippen molar-refractivity contribution in [3.63, 3.8) is 0 Å². The van der Waals surface area contributed by atoms with Crippen molar-refractivity contribution in [1.82, 2.24) is 0 Å². The summed E-state index contributed by atoms with van der Waals surface area (Å²) in [5.41, 5.74) is 6.07. The molecule has 1 unspecified atom stereocenters. The topological polar surface area (TPSA) is 47.3 Å². The van der Waals surface area contributed by atoms with E-state index < -0.39 is 0 Å². The third kappa shape index (κ3) is 2.45. The van der Waals surface area contributed by atoms with Gasteiger partial charge in [0.15, 0.2) is 0 Å². The first-order valence-corrected chi connectivity index (χ1v) is 5.53. The molecule has 2 rings (SSSR count). The summed E-state index contributed by atoms with van der Waals surface area (Å²) in [5.74, 6) is -0.360. The molecule has 3 nitrogen and oxygen atoms in total. The number of halogens is 2. The Labute approximate surface area is 98.7 Å². The van der Waals surface area contributed by atoms with Crippen molar-refractivity contribution in [1.29, 1.82) is 0 Å². The van der Waals surface area contributed by atoms with Crippen LogP contribution >= 0.6 is 11.6 Å². The number of nitrogens with two attached hydrogens (primary N) is 1. The fourth-order valence-corrected chi connectivity index (χ4v) is 2.07. The molecule has 16 heavy (non-hydrogen) atoms. The van der Waals surface area contributed by atoms with Gasteiger partial charge in [-0.15, -0.1) is 0 Å². The monoisotopic (exact) mass is 244 g/mol. The highest BCUT2D eigenvalue weighted by Crippen LogP contribution is 2.26. The van der Waals surface area contributed by atoms with E-state index in [1.165, 1.54) is 12.1 Å². The van der Waals surface area contributed by atoms with Gasteiger partial charge >= 0.3 is 0 Å². The molecule has 0 aliphatic carbocycles. The van der Waals surface area contributed by atoms with E-state index in [2.05, 4.69) is 5.32 Å². The fraction of sp³-hybridized carbons (Fsp3) is 0.455. The van der Waals surface area contributed by atoms with Gasteiger partial charge in [0, 0.05) is 23.9 Å². The van der Waals surface area contributed by atoms with E-state index in [1.54, 1.807) is 6.07 Å². The van der Waals surface area contributed by atoms with Crippen LogP contribution in [0.4, 0.5) is 10.1 Å². The molecule has 1 aromatic carbocycles. The number of benzene rings is 1. The van der Waals surface area contributed by atoms with E-state index in [-0.39, 0.29) is 11.4 Å². The highest BCUT2D eigenvalue weighted by Gasteiger charge is 2.33. The van der Waals surface area contributed by atoms with Gasteiger partial charge in [0.1, 0.15) is 5.82 Å². The SMILES string of the molecule is NCC1(Nc2cc(F)cc(Cl)c2)CCOC1. The fourth-order valence-electron chi connectivity index (χ4n) is 1.85. The first kappa shape index (κ1) is 11.6. The average Bonchev–Trinajstić information content (AvgIpc) is 2.65. The minimum absolute atomic E-state index is 0.295. The minimum atomic E-state index is -0.360. The Kier molecular flexibility index (Phi) is 3.33. The van der Waals surface area contributed by atoms with Crippen molar-refractivity contribution >= 4 is 17.3 Å². The van der Waals surface area contributed by atoms with Crippen molar-refractivity contribution in [2.24, 2.45) is 5.73 Å². The summed E-state index contributed by atoms with van der Waals surface area (Å²) in [5, 5.41) is 3.58. The molecule has 0 bridgehead atoms. The molecule has 0 saturated carbocycles. The van der Waals surface area contributed by atoms with Crippen LogP contribution in [0.25, 0.3) is 0 Å². The van der Waals surface area contributed by atoms with Gasteiger partial charge in [0.25, 0.3) is 0 Å². The van der Waals surface area contributed by atoms with Crippen LogP contribution in [0.2, 0.25) is 5.02 Å². The zero-order valence-electron chi connectivity index (χ0n) is 8.80. The number of hydrogen-bond donors (Lipinski definition) is 2. The third-order valence-electron chi connectivity index (χ3n) is 2.77. The number of anilines is 1. The minimum Gasteiger partial charge on any atom is -0.379 e. The molecular formula is C11H14ClFN2O. The van der Waals surface area contributed by atoms with Gasteiger partial charge in [-0.1, -0.05) is 11.6 Å². The molecule has 1 saturated heterocycles. The molecule has 0 spiro atoms. The molecule has 0 aromatic heterocycles. The predicted molar refractivity (Wildman–Crippen MR) is 62.3 cm³/mol. The van der Waals surface area contributed by atoms with E-state index in [0.717, 1.165) is 6.42 Å². The van der Waals surface area contributed by atoms with Crippen molar-refractivity contribution in [2.75, 3.05) is 25.1 Å². The Bertz CT molecular complexity index is 360. The van der Waals surface area contributed by atoms with Gasteiger partial charge in [-0.2, -0.15) is 0 Å². The van der Waals surface area contributed by atoms with Crippen molar-refractivity contribution in [2.45, 2.75) is 12.0 Å². The molecule has 1 fully saturated rings. The molecule has 0 amide bonds. The lowest BCUT2D eigenvalue weighted by Crippen LogP contribution is -2.46. The van der Waals surface area contributed by atoms with Crippen LogP contribution in [-0.2, 0) is 4.74 Å². The second-order valence-electron chi connectivity index (χ2n) is 4.07. The molecule has 1 aliphatic heterocycles. The van der Waals surface area contributed by atoms with Crippen LogP contribution in [0.3, 0.4) is 0 Å². The van der Waals surface area contributed by atoms with Crippen molar-refractivity contribution < 1.29 is 9.13 Å². The van der Waals surface area contributed by atoms with Crippen LogP contribution in [0.5, 0.6) is 0 Å². The second-order valence-corrected chi connectivity index (χ2v) is 4.51. The maximum atomic E-state index is 13.1. The lowest BCUT2D eigenvalue weighted by molar-refractivity contribution is 0.183. The largest absolute Gasteiger partial charge is 0.379 e. The molecular weight excluding hydrogens is 231 g/mol. The van der Waals surface area contributed by atoms with Crippen LogP contribution in [-0.4, -0.2) is 25.3 Å². The molecule has 5 heteroatoms. The second kappa shape index (κ2) is 4.57. The Balaban J connectivity index is 2.18. The average molecular weight is 245 g/mol. The number of nitrogens with one attached hydrogen (secondary N) is 1. The van der Waals surface area contributed by atoms with E-state index in [1.807, 2.05) is 0 Å². The number of ether oxygens (including phenoxy) is 1. The number of hydrogen-bond acceptors (Lipinski definition) is 3. The molecule has 88 valence electrons.